The number of hydrogen-bond donors (Lipinski definition) is 1. The van der Waals surface area contributed by atoms with Gasteiger partial charge in [0, 0.05) is 16.7 Å². The van der Waals surface area contributed by atoms with Gasteiger partial charge in [0.25, 0.3) is 0 Å². The lowest BCUT2D eigenvalue weighted by atomic mass is 9.87. The predicted octanol–water partition coefficient (Wildman–Crippen LogP) is 3.30. The molecule has 4 heteroatoms. The molecule has 1 aromatic rings. The number of carbonyl (C=O) groups excluding carboxylic acids is 1. The van der Waals surface area contributed by atoms with Gasteiger partial charge < -0.3 is 10.1 Å². The molecule has 1 fully saturated rings. The van der Waals surface area contributed by atoms with Crippen LogP contribution in [0.2, 0.25) is 0 Å². The number of rotatable bonds is 1. The van der Waals surface area contributed by atoms with Gasteiger partial charge in [0.2, 0.25) is 5.91 Å². The van der Waals surface area contributed by atoms with E-state index in [9.17, 15) is 4.79 Å². The second-order valence-electron chi connectivity index (χ2n) is 5.09. The van der Waals surface area contributed by atoms with Crippen LogP contribution >= 0.6 is 11.8 Å². The quantitative estimate of drug-likeness (QED) is 0.845. The number of thioether (sulfide) groups is 1. The van der Waals surface area contributed by atoms with Crippen molar-refractivity contribution in [3.05, 3.63) is 18.2 Å². The van der Waals surface area contributed by atoms with E-state index in [0.717, 1.165) is 34.9 Å². The molecule has 0 aromatic heterocycles. The summed E-state index contributed by atoms with van der Waals surface area (Å²) >= 11 is 1.79. The molecule has 0 bridgehead atoms. The topological polar surface area (TPSA) is 38.3 Å². The number of ether oxygens (including phenoxy) is 1. The molecule has 1 aliphatic carbocycles. The van der Waals surface area contributed by atoms with Crippen molar-refractivity contribution in [1.29, 1.82) is 0 Å². The summed E-state index contributed by atoms with van der Waals surface area (Å²) in [7, 11) is 1.64. The van der Waals surface area contributed by atoms with Crippen LogP contribution in [0.4, 0.5) is 5.69 Å². The van der Waals surface area contributed by atoms with Crippen LogP contribution < -0.4 is 10.1 Å². The van der Waals surface area contributed by atoms with E-state index < -0.39 is 0 Å². The highest BCUT2D eigenvalue weighted by atomic mass is 32.2. The molecule has 1 spiro atoms. The molecular formula is C14H17NO2S. The molecule has 0 unspecified atom stereocenters. The molecule has 0 atom stereocenters. The number of methoxy groups -OCH3 is 1. The van der Waals surface area contributed by atoms with Gasteiger partial charge in [-0.05, 0) is 25.0 Å². The smallest absolute Gasteiger partial charge is 0.231 e. The second-order valence-corrected chi connectivity index (χ2v) is 6.11. The van der Waals surface area contributed by atoms with Crippen LogP contribution in [0.5, 0.6) is 5.75 Å². The van der Waals surface area contributed by atoms with Gasteiger partial charge in [-0.1, -0.05) is 12.8 Å². The van der Waals surface area contributed by atoms with E-state index in [0.29, 0.717) is 0 Å². The number of anilines is 1. The first-order chi connectivity index (χ1) is 8.73. The summed E-state index contributed by atoms with van der Waals surface area (Å²) in [4.78, 5) is 13.6. The monoisotopic (exact) mass is 263 g/mol. The van der Waals surface area contributed by atoms with Crippen molar-refractivity contribution in [3.8, 4) is 5.75 Å². The molecule has 18 heavy (non-hydrogen) atoms. The van der Waals surface area contributed by atoms with Gasteiger partial charge in [-0.15, -0.1) is 11.8 Å². The Bertz CT molecular complexity index is 481. The second kappa shape index (κ2) is 4.50. The summed E-state index contributed by atoms with van der Waals surface area (Å²) in [5.41, 5.74) is 0.754. The number of hydrogen-bond acceptors (Lipinski definition) is 3. The van der Waals surface area contributed by atoms with Crippen LogP contribution in [-0.4, -0.2) is 18.8 Å². The third-order valence-electron chi connectivity index (χ3n) is 3.98. The normalized spacial score (nSPS) is 21.3. The number of fused-ring (bicyclic) bond motifs is 1. The van der Waals surface area contributed by atoms with E-state index in [2.05, 4.69) is 5.32 Å². The number of benzene rings is 1. The summed E-state index contributed by atoms with van der Waals surface area (Å²) in [6.45, 7) is 0. The fourth-order valence-electron chi connectivity index (χ4n) is 2.82. The Morgan fingerprint density at radius 2 is 2.11 bits per heavy atom. The minimum Gasteiger partial charge on any atom is -0.497 e. The Kier molecular flexibility index (Phi) is 2.98. The van der Waals surface area contributed by atoms with E-state index in [1.165, 1.54) is 12.8 Å². The molecule has 1 N–H and O–H groups in total. The molecule has 2 aliphatic rings. The molecule has 1 saturated carbocycles. The van der Waals surface area contributed by atoms with Crippen molar-refractivity contribution in [2.45, 2.75) is 30.6 Å². The number of nitrogens with one attached hydrogen (secondary N) is 1. The highest BCUT2D eigenvalue weighted by Crippen LogP contribution is 2.47. The molecule has 1 heterocycles. The van der Waals surface area contributed by atoms with E-state index in [1.807, 2.05) is 18.2 Å². The maximum atomic E-state index is 12.4. The summed E-state index contributed by atoms with van der Waals surface area (Å²) in [6.07, 6.45) is 4.40. The molecule has 3 rings (SSSR count). The third kappa shape index (κ3) is 1.88. The summed E-state index contributed by atoms with van der Waals surface area (Å²) in [5.74, 6) is 1.88. The van der Waals surface area contributed by atoms with Gasteiger partial charge in [0.1, 0.15) is 5.75 Å². The Morgan fingerprint density at radius 3 is 2.83 bits per heavy atom. The van der Waals surface area contributed by atoms with Crippen LogP contribution in [0.1, 0.15) is 25.7 Å². The summed E-state index contributed by atoms with van der Waals surface area (Å²) in [5, 5.41) is 3.09. The van der Waals surface area contributed by atoms with E-state index in [1.54, 1.807) is 18.9 Å². The fourth-order valence-corrected chi connectivity index (χ4v) is 4.10. The van der Waals surface area contributed by atoms with Crippen LogP contribution in [0.15, 0.2) is 23.1 Å². The minimum absolute atomic E-state index is 0.142. The average Bonchev–Trinajstić information content (AvgIpc) is 2.82. The molecule has 0 radical (unpaired) electrons. The van der Waals surface area contributed by atoms with Crippen LogP contribution in [0.3, 0.4) is 0 Å². The summed E-state index contributed by atoms with van der Waals surface area (Å²) < 4.78 is 5.21. The highest BCUT2D eigenvalue weighted by molar-refractivity contribution is 7.99. The predicted molar refractivity (Wildman–Crippen MR) is 73.2 cm³/mol. The Hall–Kier alpha value is -1.16. The third-order valence-corrected chi connectivity index (χ3v) is 5.35. The van der Waals surface area contributed by atoms with Gasteiger partial charge in [0.05, 0.1) is 18.2 Å². The SMILES string of the molecule is COc1ccc2c(c1)NC(=O)C1(CCCC1)CS2. The van der Waals surface area contributed by atoms with Crippen molar-refractivity contribution in [1.82, 2.24) is 0 Å². The maximum absolute atomic E-state index is 12.4. The number of amides is 1. The van der Waals surface area contributed by atoms with Crippen LogP contribution in [0, 0.1) is 5.41 Å². The Morgan fingerprint density at radius 1 is 1.33 bits per heavy atom. The molecule has 96 valence electrons. The average molecular weight is 263 g/mol. The van der Waals surface area contributed by atoms with Crippen molar-refractivity contribution >= 4 is 23.4 Å². The molecular weight excluding hydrogens is 246 g/mol. The Labute approximate surface area is 111 Å². The zero-order valence-corrected chi connectivity index (χ0v) is 11.3. The Balaban J connectivity index is 1.93. The van der Waals surface area contributed by atoms with Gasteiger partial charge in [-0.3, -0.25) is 4.79 Å². The van der Waals surface area contributed by atoms with Gasteiger partial charge in [-0.2, -0.15) is 0 Å². The van der Waals surface area contributed by atoms with Crippen LogP contribution in [0.25, 0.3) is 0 Å². The molecule has 3 nitrogen and oxygen atoms in total. The minimum atomic E-state index is -0.142. The maximum Gasteiger partial charge on any atom is 0.231 e. The molecule has 0 saturated heterocycles. The lowest BCUT2D eigenvalue weighted by Crippen LogP contribution is -2.34. The lowest BCUT2D eigenvalue weighted by Gasteiger charge is -2.24. The largest absolute Gasteiger partial charge is 0.497 e. The number of carbonyl (C=O) groups is 1. The first-order valence-corrected chi connectivity index (χ1v) is 7.34. The highest BCUT2D eigenvalue weighted by Gasteiger charge is 2.42. The lowest BCUT2D eigenvalue weighted by molar-refractivity contribution is -0.124. The zero-order chi connectivity index (χ0) is 12.6. The van der Waals surface area contributed by atoms with Gasteiger partial charge >= 0.3 is 0 Å². The van der Waals surface area contributed by atoms with Crippen molar-refractivity contribution in [3.63, 3.8) is 0 Å². The van der Waals surface area contributed by atoms with Crippen molar-refractivity contribution < 1.29 is 9.53 Å². The molecule has 1 amide bonds. The van der Waals surface area contributed by atoms with Crippen LogP contribution in [-0.2, 0) is 4.79 Å². The van der Waals surface area contributed by atoms with Gasteiger partial charge in [0.15, 0.2) is 0 Å². The first kappa shape index (κ1) is 11.9. The van der Waals surface area contributed by atoms with Crippen molar-refractivity contribution in [2.24, 2.45) is 5.41 Å². The standard InChI is InChI=1S/C14H17NO2S/c1-17-10-4-5-12-11(8-10)15-13(16)14(9-18-12)6-2-3-7-14/h4-5,8H,2-3,6-7,9H2,1H3,(H,15,16). The van der Waals surface area contributed by atoms with E-state index in [4.69, 9.17) is 4.74 Å². The van der Waals surface area contributed by atoms with Gasteiger partial charge in [-0.25, -0.2) is 0 Å². The molecule has 1 aliphatic heterocycles. The van der Waals surface area contributed by atoms with E-state index >= 15 is 0 Å². The molecule has 1 aromatic carbocycles. The first-order valence-electron chi connectivity index (χ1n) is 6.36. The summed E-state index contributed by atoms with van der Waals surface area (Å²) in [6, 6.07) is 5.89. The fraction of sp³-hybridized carbons (Fsp3) is 0.500. The van der Waals surface area contributed by atoms with E-state index in [-0.39, 0.29) is 11.3 Å². The van der Waals surface area contributed by atoms with Crippen molar-refractivity contribution in [2.75, 3.05) is 18.2 Å². The zero-order valence-electron chi connectivity index (χ0n) is 10.5.